The number of nitrogens with one attached hydrogen (secondary N) is 1. The fraction of sp³-hybridized carbons (Fsp3) is 0.467. The summed E-state index contributed by atoms with van der Waals surface area (Å²) in [6.07, 6.45) is 5.29. The molecule has 18 heavy (non-hydrogen) atoms. The molecule has 0 aliphatic heterocycles. The minimum atomic E-state index is -0.527. The molecule has 0 bridgehead atoms. The Morgan fingerprint density at radius 3 is 2.78 bits per heavy atom. The van der Waals surface area contributed by atoms with Crippen molar-refractivity contribution in [2.75, 3.05) is 6.54 Å². The third-order valence-corrected chi connectivity index (χ3v) is 2.88. The van der Waals surface area contributed by atoms with Crippen LogP contribution >= 0.6 is 0 Å². The zero-order chi connectivity index (χ0) is 13.4. The number of rotatable bonds is 8. The Morgan fingerprint density at radius 1 is 1.39 bits per heavy atom. The first-order chi connectivity index (χ1) is 8.67. The van der Waals surface area contributed by atoms with Gasteiger partial charge < -0.3 is 5.32 Å². The van der Waals surface area contributed by atoms with E-state index in [-0.39, 0.29) is 6.04 Å². The molecule has 0 aliphatic carbocycles. The van der Waals surface area contributed by atoms with Crippen molar-refractivity contribution < 1.29 is 8.78 Å². The highest BCUT2D eigenvalue weighted by Crippen LogP contribution is 2.14. The summed E-state index contributed by atoms with van der Waals surface area (Å²) in [5.41, 5.74) is 0.564. The van der Waals surface area contributed by atoms with Crippen molar-refractivity contribution >= 4 is 0 Å². The standard InChI is InChI=1S/C15H21F2N/c1-3-5-6-14(18-9-4-2)10-12-7-8-13(16)11-15(12)17/h3,7-8,11,14,18H,1,4-6,9-10H2,2H3. The lowest BCUT2D eigenvalue weighted by Gasteiger charge is -2.18. The molecule has 0 amide bonds. The maximum absolute atomic E-state index is 13.6. The molecular weight excluding hydrogens is 232 g/mol. The van der Waals surface area contributed by atoms with E-state index < -0.39 is 11.6 Å². The second-order valence-electron chi connectivity index (χ2n) is 4.46. The molecule has 3 heteroatoms. The summed E-state index contributed by atoms with van der Waals surface area (Å²) in [6.45, 7) is 6.70. The molecule has 1 N–H and O–H groups in total. The molecule has 1 rings (SSSR count). The van der Waals surface area contributed by atoms with Gasteiger partial charge in [0.05, 0.1) is 0 Å². The SMILES string of the molecule is C=CCCC(Cc1ccc(F)cc1F)NCCC. The van der Waals surface area contributed by atoms with Crippen LogP contribution in [0.4, 0.5) is 8.78 Å². The Morgan fingerprint density at radius 2 is 2.17 bits per heavy atom. The molecule has 0 fully saturated rings. The van der Waals surface area contributed by atoms with Crippen LogP contribution in [-0.4, -0.2) is 12.6 Å². The summed E-state index contributed by atoms with van der Waals surface area (Å²) in [6, 6.07) is 3.99. The van der Waals surface area contributed by atoms with Gasteiger partial charge >= 0.3 is 0 Å². The Hall–Kier alpha value is -1.22. The highest BCUT2D eigenvalue weighted by atomic mass is 19.1. The van der Waals surface area contributed by atoms with Gasteiger partial charge in [0.2, 0.25) is 0 Å². The molecule has 1 aromatic carbocycles. The molecule has 0 spiro atoms. The Bertz CT molecular complexity index is 377. The van der Waals surface area contributed by atoms with Crippen LogP contribution in [0, 0.1) is 11.6 Å². The van der Waals surface area contributed by atoms with Gasteiger partial charge in [-0.25, -0.2) is 8.78 Å². The summed E-state index contributed by atoms with van der Waals surface area (Å²) < 4.78 is 26.4. The second-order valence-corrected chi connectivity index (χ2v) is 4.46. The predicted molar refractivity (Wildman–Crippen MR) is 71.6 cm³/mol. The van der Waals surface area contributed by atoms with Crippen LogP contribution in [0.1, 0.15) is 31.7 Å². The Balaban J connectivity index is 2.65. The topological polar surface area (TPSA) is 12.0 Å². The van der Waals surface area contributed by atoms with E-state index in [1.54, 1.807) is 0 Å². The first-order valence-electron chi connectivity index (χ1n) is 6.45. The monoisotopic (exact) mass is 253 g/mol. The van der Waals surface area contributed by atoms with Crippen molar-refractivity contribution in [2.24, 2.45) is 0 Å². The molecule has 0 aliphatic rings. The molecule has 1 unspecified atom stereocenters. The fourth-order valence-corrected chi connectivity index (χ4v) is 1.90. The molecular formula is C15H21F2N. The van der Waals surface area contributed by atoms with E-state index >= 15 is 0 Å². The number of halogens is 2. The molecule has 100 valence electrons. The lowest BCUT2D eigenvalue weighted by molar-refractivity contribution is 0.469. The highest BCUT2D eigenvalue weighted by molar-refractivity contribution is 5.19. The third kappa shape index (κ3) is 4.96. The van der Waals surface area contributed by atoms with E-state index in [1.807, 2.05) is 6.08 Å². The molecule has 0 aromatic heterocycles. The van der Waals surface area contributed by atoms with E-state index in [1.165, 1.54) is 12.1 Å². The molecule has 0 saturated carbocycles. The quantitative estimate of drug-likeness (QED) is 0.694. The molecule has 0 radical (unpaired) electrons. The zero-order valence-corrected chi connectivity index (χ0v) is 10.9. The van der Waals surface area contributed by atoms with Gasteiger partial charge in [0.25, 0.3) is 0 Å². The van der Waals surface area contributed by atoms with Crippen LogP contribution in [0.2, 0.25) is 0 Å². The molecule has 1 atom stereocenters. The number of benzene rings is 1. The highest BCUT2D eigenvalue weighted by Gasteiger charge is 2.11. The zero-order valence-electron chi connectivity index (χ0n) is 10.9. The van der Waals surface area contributed by atoms with E-state index in [4.69, 9.17) is 0 Å². The molecule has 0 heterocycles. The largest absolute Gasteiger partial charge is 0.314 e. The minimum Gasteiger partial charge on any atom is -0.314 e. The van der Waals surface area contributed by atoms with Gasteiger partial charge in [0.15, 0.2) is 0 Å². The van der Waals surface area contributed by atoms with Crippen LogP contribution < -0.4 is 5.32 Å². The molecule has 1 aromatic rings. The van der Waals surface area contributed by atoms with Gasteiger partial charge in [-0.05, 0) is 43.9 Å². The molecule has 0 saturated heterocycles. The van der Waals surface area contributed by atoms with Gasteiger partial charge in [-0.1, -0.05) is 19.1 Å². The van der Waals surface area contributed by atoms with E-state index in [2.05, 4.69) is 18.8 Å². The van der Waals surface area contributed by atoms with Crippen molar-refractivity contribution in [3.63, 3.8) is 0 Å². The third-order valence-electron chi connectivity index (χ3n) is 2.88. The van der Waals surface area contributed by atoms with Gasteiger partial charge in [-0.3, -0.25) is 0 Å². The van der Waals surface area contributed by atoms with Gasteiger partial charge in [-0.2, -0.15) is 0 Å². The van der Waals surface area contributed by atoms with Crippen LogP contribution in [0.25, 0.3) is 0 Å². The van der Waals surface area contributed by atoms with Crippen LogP contribution in [0.5, 0.6) is 0 Å². The van der Waals surface area contributed by atoms with Gasteiger partial charge in [0.1, 0.15) is 11.6 Å². The lowest BCUT2D eigenvalue weighted by Crippen LogP contribution is -2.32. The summed E-state index contributed by atoms with van der Waals surface area (Å²) in [5.74, 6) is -0.989. The van der Waals surface area contributed by atoms with E-state index in [9.17, 15) is 8.78 Å². The summed E-state index contributed by atoms with van der Waals surface area (Å²) in [4.78, 5) is 0. The fourth-order valence-electron chi connectivity index (χ4n) is 1.90. The average Bonchev–Trinajstić information content (AvgIpc) is 2.35. The second kappa shape index (κ2) is 7.98. The maximum atomic E-state index is 13.6. The predicted octanol–water partition coefficient (Wildman–Crippen LogP) is 3.84. The van der Waals surface area contributed by atoms with Crippen LogP contribution in [-0.2, 0) is 6.42 Å². The summed E-state index contributed by atoms with van der Waals surface area (Å²) in [5, 5.41) is 3.39. The lowest BCUT2D eigenvalue weighted by atomic mass is 10.0. The first-order valence-corrected chi connectivity index (χ1v) is 6.45. The first kappa shape index (κ1) is 14.8. The van der Waals surface area contributed by atoms with Crippen molar-refractivity contribution in [2.45, 2.75) is 38.6 Å². The normalized spacial score (nSPS) is 12.4. The van der Waals surface area contributed by atoms with Crippen LogP contribution in [0.3, 0.4) is 0 Å². The number of hydrogen-bond acceptors (Lipinski definition) is 1. The van der Waals surface area contributed by atoms with Gasteiger partial charge in [-0.15, -0.1) is 6.58 Å². The van der Waals surface area contributed by atoms with Crippen molar-refractivity contribution in [1.29, 1.82) is 0 Å². The molecule has 1 nitrogen and oxygen atoms in total. The van der Waals surface area contributed by atoms with Gasteiger partial charge in [0, 0.05) is 12.1 Å². The average molecular weight is 253 g/mol. The smallest absolute Gasteiger partial charge is 0.129 e. The van der Waals surface area contributed by atoms with E-state index in [0.717, 1.165) is 31.9 Å². The van der Waals surface area contributed by atoms with Crippen molar-refractivity contribution in [3.05, 3.63) is 48.1 Å². The van der Waals surface area contributed by atoms with Crippen molar-refractivity contribution in [1.82, 2.24) is 5.32 Å². The number of allylic oxidation sites excluding steroid dienone is 1. The van der Waals surface area contributed by atoms with E-state index in [0.29, 0.717) is 12.0 Å². The summed E-state index contributed by atoms with van der Waals surface area (Å²) in [7, 11) is 0. The van der Waals surface area contributed by atoms with Crippen molar-refractivity contribution in [3.8, 4) is 0 Å². The summed E-state index contributed by atoms with van der Waals surface area (Å²) >= 11 is 0. The van der Waals surface area contributed by atoms with Crippen LogP contribution in [0.15, 0.2) is 30.9 Å². The maximum Gasteiger partial charge on any atom is 0.129 e. The Labute approximate surface area is 108 Å². The number of hydrogen-bond donors (Lipinski definition) is 1. The Kier molecular flexibility index (Phi) is 6.58. The minimum absolute atomic E-state index is 0.211.